The fraction of sp³-hybridized carbons (Fsp3) is 0.143. The summed E-state index contributed by atoms with van der Waals surface area (Å²) in [4.78, 5) is 13.9. The molecule has 0 saturated carbocycles. The quantitative estimate of drug-likeness (QED) is 0.585. The topological polar surface area (TPSA) is 50.2 Å². The number of aldehydes is 1. The molecule has 0 radical (unpaired) electrons. The molecule has 1 aromatic rings. The zero-order valence-corrected chi connectivity index (χ0v) is 5.53. The van der Waals surface area contributed by atoms with E-state index in [4.69, 9.17) is 5.11 Å². The Morgan fingerprint density at radius 3 is 2.70 bits per heavy atom. The number of aromatic nitrogens is 1. The summed E-state index contributed by atoms with van der Waals surface area (Å²) in [6, 6.07) is 0. The van der Waals surface area contributed by atoms with Gasteiger partial charge in [0.2, 0.25) is 0 Å². The summed E-state index contributed by atoms with van der Waals surface area (Å²) in [7, 11) is 0. The van der Waals surface area contributed by atoms with Gasteiger partial charge in [0, 0.05) is 6.20 Å². The molecule has 0 aromatic carbocycles. The van der Waals surface area contributed by atoms with Crippen LogP contribution >= 0.6 is 0 Å². The molecule has 0 aliphatic rings. The molecule has 10 heavy (non-hydrogen) atoms. The number of rotatable bonds is 1. The molecule has 1 rings (SSSR count). The molecular weight excluding hydrogens is 130 g/mol. The fourth-order valence-corrected chi connectivity index (χ4v) is 0.714. The molecule has 3 nitrogen and oxygen atoms in total. The third-order valence-corrected chi connectivity index (χ3v) is 1.28. The van der Waals surface area contributed by atoms with Crippen LogP contribution in [0, 0.1) is 6.92 Å². The number of aryl methyl sites for hydroxylation is 1. The Morgan fingerprint density at radius 1 is 1.60 bits per heavy atom. The number of aromatic hydroxyl groups is 1. The smallest absolute Gasteiger partial charge is 0.154 e. The van der Waals surface area contributed by atoms with E-state index in [-0.39, 0.29) is 5.75 Å². The van der Waals surface area contributed by atoms with E-state index in [9.17, 15) is 4.79 Å². The third kappa shape index (κ3) is 0.978. The Morgan fingerprint density at radius 2 is 2.30 bits per heavy atom. The second kappa shape index (κ2) is 2.47. The minimum atomic E-state index is -0.0602. The normalized spacial score (nSPS) is 9.30. The number of carbonyl (C=O) groups excluding carboxylic acids is 1. The van der Waals surface area contributed by atoms with E-state index >= 15 is 0 Å². The van der Waals surface area contributed by atoms with Crippen LogP contribution < -0.4 is 0 Å². The highest BCUT2D eigenvalue weighted by Gasteiger charge is 2.01. The number of hydrogen-bond donors (Lipinski definition) is 1. The predicted octanol–water partition coefficient (Wildman–Crippen LogP) is 0.908. The fourth-order valence-electron chi connectivity index (χ4n) is 0.714. The van der Waals surface area contributed by atoms with Gasteiger partial charge < -0.3 is 5.11 Å². The van der Waals surface area contributed by atoms with Gasteiger partial charge in [0.25, 0.3) is 0 Å². The Labute approximate surface area is 58.3 Å². The van der Waals surface area contributed by atoms with Crippen LogP contribution in [0.1, 0.15) is 15.9 Å². The molecule has 0 spiro atoms. The van der Waals surface area contributed by atoms with Crippen molar-refractivity contribution in [2.75, 3.05) is 0 Å². The molecule has 0 fully saturated rings. The van der Waals surface area contributed by atoms with E-state index < -0.39 is 0 Å². The maximum absolute atomic E-state index is 10.3. The second-order valence-corrected chi connectivity index (χ2v) is 2.01. The number of pyridine rings is 1. The molecule has 52 valence electrons. The molecule has 0 amide bonds. The lowest BCUT2D eigenvalue weighted by Crippen LogP contribution is -1.87. The molecule has 3 heteroatoms. The minimum Gasteiger partial charge on any atom is -0.506 e. The van der Waals surface area contributed by atoms with Gasteiger partial charge >= 0.3 is 0 Å². The molecule has 0 unspecified atom stereocenters. The lowest BCUT2D eigenvalue weighted by molar-refractivity contribution is 0.112. The van der Waals surface area contributed by atoms with Gasteiger partial charge in [0.1, 0.15) is 5.75 Å². The molecule has 0 saturated heterocycles. The van der Waals surface area contributed by atoms with Gasteiger partial charge in [-0.1, -0.05) is 0 Å². The predicted molar refractivity (Wildman–Crippen MR) is 36.0 cm³/mol. The highest BCUT2D eigenvalue weighted by molar-refractivity contribution is 5.80. The van der Waals surface area contributed by atoms with Crippen molar-refractivity contribution in [3.63, 3.8) is 0 Å². The average Bonchev–Trinajstić information content (AvgIpc) is 1.88. The largest absolute Gasteiger partial charge is 0.506 e. The van der Waals surface area contributed by atoms with Crippen LogP contribution in [0.2, 0.25) is 0 Å². The first-order valence-electron chi connectivity index (χ1n) is 2.84. The highest BCUT2D eigenvalue weighted by Crippen LogP contribution is 2.15. The van der Waals surface area contributed by atoms with E-state index in [1.54, 1.807) is 6.92 Å². The van der Waals surface area contributed by atoms with Crippen molar-refractivity contribution in [2.24, 2.45) is 0 Å². The van der Waals surface area contributed by atoms with Crippen molar-refractivity contribution in [2.45, 2.75) is 6.92 Å². The van der Waals surface area contributed by atoms with Crippen LogP contribution in [0.15, 0.2) is 12.4 Å². The van der Waals surface area contributed by atoms with Crippen molar-refractivity contribution >= 4 is 6.29 Å². The number of carbonyl (C=O) groups is 1. The van der Waals surface area contributed by atoms with Gasteiger partial charge in [-0.15, -0.1) is 0 Å². The van der Waals surface area contributed by atoms with Gasteiger partial charge in [0.15, 0.2) is 6.29 Å². The zero-order chi connectivity index (χ0) is 7.56. The highest BCUT2D eigenvalue weighted by atomic mass is 16.3. The zero-order valence-electron chi connectivity index (χ0n) is 5.53. The summed E-state index contributed by atoms with van der Waals surface area (Å²) in [6.45, 7) is 1.72. The van der Waals surface area contributed by atoms with Gasteiger partial charge in [-0.05, 0) is 12.5 Å². The van der Waals surface area contributed by atoms with E-state index in [0.717, 1.165) is 0 Å². The summed E-state index contributed by atoms with van der Waals surface area (Å²) < 4.78 is 0. The van der Waals surface area contributed by atoms with Crippen LogP contribution in [-0.2, 0) is 0 Å². The van der Waals surface area contributed by atoms with Crippen molar-refractivity contribution < 1.29 is 9.90 Å². The second-order valence-electron chi connectivity index (χ2n) is 2.01. The van der Waals surface area contributed by atoms with E-state index in [1.807, 2.05) is 0 Å². The molecule has 0 atom stereocenters. The standard InChI is InChI=1S/C7H7NO2/c1-5-2-8-3-7(10)6(5)4-9/h2-4,10H,1H3. The Balaban J connectivity index is 3.30. The lowest BCUT2D eigenvalue weighted by Gasteiger charge is -1.97. The van der Waals surface area contributed by atoms with E-state index in [2.05, 4.69) is 4.98 Å². The van der Waals surface area contributed by atoms with Gasteiger partial charge in [0.05, 0.1) is 11.8 Å². The molecule has 1 heterocycles. The first-order valence-corrected chi connectivity index (χ1v) is 2.84. The molecular formula is C7H7NO2. The SMILES string of the molecule is Cc1cncc(O)c1C=O. The summed E-state index contributed by atoms with van der Waals surface area (Å²) in [5, 5.41) is 9.00. The Kier molecular flexibility index (Phi) is 1.67. The third-order valence-electron chi connectivity index (χ3n) is 1.28. The van der Waals surface area contributed by atoms with E-state index in [0.29, 0.717) is 17.4 Å². The van der Waals surface area contributed by atoms with Crippen LogP contribution in [0.3, 0.4) is 0 Å². The average molecular weight is 137 g/mol. The summed E-state index contributed by atoms with van der Waals surface area (Å²) in [5.74, 6) is -0.0602. The summed E-state index contributed by atoms with van der Waals surface area (Å²) in [6.07, 6.45) is 3.40. The molecule has 1 aromatic heterocycles. The van der Waals surface area contributed by atoms with Crippen LogP contribution in [0.5, 0.6) is 5.75 Å². The van der Waals surface area contributed by atoms with Crippen LogP contribution in [0.4, 0.5) is 0 Å². The number of hydrogen-bond acceptors (Lipinski definition) is 3. The number of nitrogens with zero attached hydrogens (tertiary/aromatic N) is 1. The lowest BCUT2D eigenvalue weighted by atomic mass is 10.2. The Bertz CT molecular complexity index is 238. The van der Waals surface area contributed by atoms with Crippen molar-refractivity contribution in [3.8, 4) is 5.75 Å². The van der Waals surface area contributed by atoms with Crippen LogP contribution in [0.25, 0.3) is 0 Å². The van der Waals surface area contributed by atoms with Crippen molar-refractivity contribution in [1.29, 1.82) is 0 Å². The van der Waals surface area contributed by atoms with Crippen LogP contribution in [-0.4, -0.2) is 16.4 Å². The molecule has 0 aliphatic heterocycles. The van der Waals surface area contributed by atoms with Crippen molar-refractivity contribution in [3.05, 3.63) is 23.5 Å². The summed E-state index contributed by atoms with van der Waals surface area (Å²) >= 11 is 0. The molecule has 1 N–H and O–H groups in total. The monoisotopic (exact) mass is 137 g/mol. The Hall–Kier alpha value is -1.38. The van der Waals surface area contributed by atoms with Gasteiger partial charge in [-0.2, -0.15) is 0 Å². The van der Waals surface area contributed by atoms with E-state index in [1.165, 1.54) is 12.4 Å². The first-order chi connectivity index (χ1) is 4.75. The van der Waals surface area contributed by atoms with Gasteiger partial charge in [-0.25, -0.2) is 0 Å². The minimum absolute atomic E-state index is 0.0602. The maximum atomic E-state index is 10.3. The molecule has 0 aliphatic carbocycles. The first kappa shape index (κ1) is 6.74. The maximum Gasteiger partial charge on any atom is 0.154 e. The van der Waals surface area contributed by atoms with Gasteiger partial charge in [-0.3, -0.25) is 9.78 Å². The summed E-state index contributed by atoms with van der Waals surface area (Å²) in [5.41, 5.74) is 1.00. The van der Waals surface area contributed by atoms with Crippen molar-refractivity contribution in [1.82, 2.24) is 4.98 Å². The molecule has 0 bridgehead atoms.